The topological polar surface area (TPSA) is 35.2 Å². The van der Waals surface area contributed by atoms with Gasteiger partial charge in [-0.1, -0.05) is 47.5 Å². The third-order valence-electron chi connectivity index (χ3n) is 2.76. The fourth-order valence-electron chi connectivity index (χ4n) is 1.82. The molecule has 0 saturated carbocycles. The standard InChI is InChI=1S/C14H11Cl2F2NO/c15-11-6-2-5-10(12(11)16)13(19)8-3-1-4-9(7-8)20-14(17)18/h1-7,13-14H,19H2. The largest absolute Gasteiger partial charge is 0.435 e. The summed E-state index contributed by atoms with van der Waals surface area (Å²) < 4.78 is 28.7. The Balaban J connectivity index is 2.33. The zero-order valence-corrected chi connectivity index (χ0v) is 11.7. The lowest BCUT2D eigenvalue weighted by molar-refractivity contribution is -0.0498. The van der Waals surface area contributed by atoms with Crippen LogP contribution in [0.1, 0.15) is 17.2 Å². The molecule has 2 N–H and O–H groups in total. The van der Waals surface area contributed by atoms with Crippen molar-refractivity contribution in [2.24, 2.45) is 5.73 Å². The van der Waals surface area contributed by atoms with Crippen molar-refractivity contribution in [1.29, 1.82) is 0 Å². The van der Waals surface area contributed by atoms with Crippen LogP contribution in [0.5, 0.6) is 5.75 Å². The number of rotatable bonds is 4. The molecule has 1 atom stereocenters. The van der Waals surface area contributed by atoms with E-state index in [0.717, 1.165) is 0 Å². The maximum atomic E-state index is 12.2. The molecule has 0 aliphatic heterocycles. The van der Waals surface area contributed by atoms with E-state index in [1.807, 2.05) is 0 Å². The van der Waals surface area contributed by atoms with Crippen LogP contribution >= 0.6 is 23.2 Å². The summed E-state index contributed by atoms with van der Waals surface area (Å²) in [6.45, 7) is -2.88. The highest BCUT2D eigenvalue weighted by atomic mass is 35.5. The summed E-state index contributed by atoms with van der Waals surface area (Å²) in [6, 6.07) is 10.7. The van der Waals surface area contributed by atoms with Gasteiger partial charge in [-0.15, -0.1) is 0 Å². The van der Waals surface area contributed by atoms with Crippen LogP contribution in [0.2, 0.25) is 10.0 Å². The minimum atomic E-state index is -2.88. The van der Waals surface area contributed by atoms with Crippen molar-refractivity contribution in [3.63, 3.8) is 0 Å². The third kappa shape index (κ3) is 3.39. The summed E-state index contributed by atoms with van der Waals surface area (Å²) in [7, 11) is 0. The maximum Gasteiger partial charge on any atom is 0.387 e. The smallest absolute Gasteiger partial charge is 0.387 e. The van der Waals surface area contributed by atoms with Crippen LogP contribution in [-0.2, 0) is 0 Å². The van der Waals surface area contributed by atoms with Gasteiger partial charge in [-0.05, 0) is 29.3 Å². The fourth-order valence-corrected chi connectivity index (χ4v) is 2.25. The lowest BCUT2D eigenvalue weighted by Gasteiger charge is -2.16. The molecule has 0 fully saturated rings. The summed E-state index contributed by atoms with van der Waals surface area (Å²) in [4.78, 5) is 0. The van der Waals surface area contributed by atoms with Gasteiger partial charge in [0.05, 0.1) is 16.1 Å². The minimum absolute atomic E-state index is 0.0473. The molecule has 0 spiro atoms. The van der Waals surface area contributed by atoms with Gasteiger partial charge in [0.1, 0.15) is 5.75 Å². The summed E-state index contributed by atoms with van der Waals surface area (Å²) in [5.41, 5.74) is 7.32. The van der Waals surface area contributed by atoms with Gasteiger partial charge in [-0.25, -0.2) is 0 Å². The van der Waals surface area contributed by atoms with Crippen molar-refractivity contribution in [2.75, 3.05) is 0 Å². The number of halogens is 4. The molecule has 20 heavy (non-hydrogen) atoms. The second-order valence-electron chi connectivity index (χ2n) is 4.07. The van der Waals surface area contributed by atoms with Crippen molar-refractivity contribution in [3.8, 4) is 5.75 Å². The molecule has 6 heteroatoms. The maximum absolute atomic E-state index is 12.2. The van der Waals surface area contributed by atoms with Gasteiger partial charge in [0.2, 0.25) is 0 Å². The molecule has 0 aliphatic carbocycles. The molecule has 2 aromatic carbocycles. The summed E-state index contributed by atoms with van der Waals surface area (Å²) in [5, 5.41) is 0.737. The van der Waals surface area contributed by atoms with Crippen molar-refractivity contribution in [3.05, 3.63) is 63.6 Å². The Labute approximate surface area is 125 Å². The molecule has 2 aromatic rings. The number of alkyl halides is 2. The average molecular weight is 318 g/mol. The zero-order chi connectivity index (χ0) is 14.7. The number of nitrogens with two attached hydrogens (primary N) is 1. The first-order chi connectivity index (χ1) is 9.49. The van der Waals surface area contributed by atoms with Gasteiger partial charge < -0.3 is 10.5 Å². The van der Waals surface area contributed by atoms with Gasteiger partial charge >= 0.3 is 6.61 Å². The fraction of sp³-hybridized carbons (Fsp3) is 0.143. The van der Waals surface area contributed by atoms with Crippen molar-refractivity contribution in [2.45, 2.75) is 12.7 Å². The van der Waals surface area contributed by atoms with E-state index in [9.17, 15) is 8.78 Å². The second kappa shape index (κ2) is 6.39. The van der Waals surface area contributed by atoms with Gasteiger partial charge in [0.15, 0.2) is 0 Å². The normalized spacial score (nSPS) is 12.5. The van der Waals surface area contributed by atoms with E-state index in [-0.39, 0.29) is 5.75 Å². The number of hydrogen-bond donors (Lipinski definition) is 1. The highest BCUT2D eigenvalue weighted by Crippen LogP contribution is 2.32. The quantitative estimate of drug-likeness (QED) is 0.891. The Morgan fingerprint density at radius 2 is 1.75 bits per heavy atom. The highest BCUT2D eigenvalue weighted by molar-refractivity contribution is 6.42. The van der Waals surface area contributed by atoms with Crippen LogP contribution in [0.3, 0.4) is 0 Å². The predicted molar refractivity (Wildman–Crippen MR) is 75.6 cm³/mol. The number of ether oxygens (including phenoxy) is 1. The Kier molecular flexibility index (Phi) is 4.81. The van der Waals surface area contributed by atoms with E-state index < -0.39 is 12.7 Å². The Morgan fingerprint density at radius 3 is 2.45 bits per heavy atom. The molecule has 2 rings (SSSR count). The van der Waals surface area contributed by atoms with Crippen molar-refractivity contribution >= 4 is 23.2 Å². The zero-order valence-electron chi connectivity index (χ0n) is 10.2. The van der Waals surface area contributed by atoms with E-state index in [0.29, 0.717) is 21.2 Å². The van der Waals surface area contributed by atoms with Gasteiger partial charge in [-0.2, -0.15) is 8.78 Å². The molecule has 2 nitrogen and oxygen atoms in total. The number of hydrogen-bond acceptors (Lipinski definition) is 2. The second-order valence-corrected chi connectivity index (χ2v) is 4.86. The Morgan fingerprint density at radius 1 is 1.05 bits per heavy atom. The number of benzene rings is 2. The van der Waals surface area contributed by atoms with Crippen LogP contribution < -0.4 is 10.5 Å². The van der Waals surface area contributed by atoms with Crippen LogP contribution in [-0.4, -0.2) is 6.61 Å². The molecule has 0 saturated heterocycles. The lowest BCUT2D eigenvalue weighted by Crippen LogP contribution is -2.13. The van der Waals surface area contributed by atoms with Crippen LogP contribution in [0, 0.1) is 0 Å². The van der Waals surface area contributed by atoms with Crippen molar-refractivity contribution < 1.29 is 13.5 Å². The van der Waals surface area contributed by atoms with Gasteiger partial charge in [-0.3, -0.25) is 0 Å². The SMILES string of the molecule is NC(c1cccc(OC(F)F)c1)c1cccc(Cl)c1Cl. The summed E-state index contributed by atoms with van der Waals surface area (Å²) >= 11 is 12.0. The van der Waals surface area contributed by atoms with Crippen LogP contribution in [0.25, 0.3) is 0 Å². The summed E-state index contributed by atoms with van der Waals surface area (Å²) in [5.74, 6) is 0.0473. The van der Waals surface area contributed by atoms with E-state index in [2.05, 4.69) is 4.74 Å². The molecule has 0 aliphatic rings. The van der Waals surface area contributed by atoms with E-state index in [1.165, 1.54) is 12.1 Å². The Hall–Kier alpha value is -1.36. The summed E-state index contributed by atoms with van der Waals surface area (Å²) in [6.07, 6.45) is 0. The molecular formula is C14H11Cl2F2NO. The predicted octanol–water partition coefficient (Wildman–Crippen LogP) is 4.64. The molecular weight excluding hydrogens is 307 g/mol. The van der Waals surface area contributed by atoms with Gasteiger partial charge in [0.25, 0.3) is 0 Å². The minimum Gasteiger partial charge on any atom is -0.435 e. The lowest BCUT2D eigenvalue weighted by atomic mass is 9.99. The average Bonchev–Trinajstić information content (AvgIpc) is 2.41. The monoisotopic (exact) mass is 317 g/mol. The van der Waals surface area contributed by atoms with E-state index in [4.69, 9.17) is 28.9 Å². The van der Waals surface area contributed by atoms with Gasteiger partial charge in [0, 0.05) is 0 Å². The first-order valence-electron chi connectivity index (χ1n) is 5.73. The molecule has 106 valence electrons. The molecule has 0 amide bonds. The van der Waals surface area contributed by atoms with Crippen LogP contribution in [0.4, 0.5) is 8.78 Å². The molecule has 1 unspecified atom stereocenters. The molecule has 0 heterocycles. The first-order valence-corrected chi connectivity index (χ1v) is 6.49. The Bertz CT molecular complexity index is 607. The van der Waals surface area contributed by atoms with Crippen LogP contribution in [0.15, 0.2) is 42.5 Å². The molecule has 0 radical (unpaired) electrons. The highest BCUT2D eigenvalue weighted by Gasteiger charge is 2.15. The molecule has 0 bridgehead atoms. The van der Waals surface area contributed by atoms with Crippen molar-refractivity contribution in [1.82, 2.24) is 0 Å². The first kappa shape index (κ1) is 15.0. The van der Waals surface area contributed by atoms with E-state index in [1.54, 1.807) is 30.3 Å². The van der Waals surface area contributed by atoms with E-state index >= 15 is 0 Å². The molecule has 0 aromatic heterocycles. The third-order valence-corrected chi connectivity index (χ3v) is 3.59.